The van der Waals surface area contributed by atoms with Gasteiger partial charge in [0.05, 0.1) is 9.51 Å². The molecule has 0 atom stereocenters. The Balaban J connectivity index is 3.09. The molecule has 1 aromatic carbocycles. The number of hydrogen-bond donors (Lipinski definition) is 1. The fourth-order valence-electron chi connectivity index (χ4n) is 0.836. The second-order valence-corrected chi connectivity index (χ2v) is 3.72. The van der Waals surface area contributed by atoms with E-state index in [0.29, 0.717) is 5.56 Å². The highest BCUT2D eigenvalue weighted by molar-refractivity contribution is 9.10. The van der Waals surface area contributed by atoms with Gasteiger partial charge in [-0.25, -0.2) is 9.18 Å². The van der Waals surface area contributed by atoms with Gasteiger partial charge in [-0.15, -0.1) is 0 Å². The minimum atomic E-state index is -1.14. The van der Waals surface area contributed by atoms with Crippen LogP contribution >= 0.6 is 27.5 Å². The van der Waals surface area contributed by atoms with Crippen molar-refractivity contribution in [3.63, 3.8) is 0 Å². The number of benzene rings is 1. The largest absolute Gasteiger partial charge is 0.478 e. The zero-order valence-corrected chi connectivity index (χ0v) is 9.14. The van der Waals surface area contributed by atoms with E-state index in [4.69, 9.17) is 16.7 Å². The molecule has 5 heteroatoms. The lowest BCUT2D eigenvalue weighted by molar-refractivity contribution is -0.131. The van der Waals surface area contributed by atoms with Crippen LogP contribution in [0.15, 0.2) is 28.7 Å². The molecule has 0 bridgehead atoms. The smallest absolute Gasteiger partial charge is 0.329 e. The molecule has 0 aliphatic carbocycles. The van der Waals surface area contributed by atoms with Crippen LogP contribution in [0.25, 0.3) is 5.03 Å². The van der Waals surface area contributed by atoms with Crippen LogP contribution in [0.5, 0.6) is 0 Å². The van der Waals surface area contributed by atoms with Crippen LogP contribution in [0, 0.1) is 5.82 Å². The first-order chi connectivity index (χ1) is 6.50. The van der Waals surface area contributed by atoms with Gasteiger partial charge in [-0.2, -0.15) is 0 Å². The third kappa shape index (κ3) is 2.82. The Hall–Kier alpha value is -0.870. The fourth-order valence-corrected chi connectivity index (χ4v) is 1.43. The van der Waals surface area contributed by atoms with E-state index in [1.54, 1.807) is 0 Å². The Morgan fingerprint density at radius 3 is 2.71 bits per heavy atom. The van der Waals surface area contributed by atoms with E-state index in [-0.39, 0.29) is 9.51 Å². The Kier molecular flexibility index (Phi) is 3.66. The Labute approximate surface area is 93.1 Å². The van der Waals surface area contributed by atoms with Gasteiger partial charge in [0.1, 0.15) is 5.82 Å². The SMILES string of the molecule is O=C(O)/C=C(/Cl)c1ccc(F)c(Br)c1. The predicted molar refractivity (Wildman–Crippen MR) is 55.6 cm³/mol. The molecule has 1 aromatic rings. The maximum absolute atomic E-state index is 12.8. The maximum atomic E-state index is 12.8. The number of hydrogen-bond acceptors (Lipinski definition) is 1. The van der Waals surface area contributed by atoms with Gasteiger partial charge >= 0.3 is 5.97 Å². The molecular weight excluding hydrogens is 274 g/mol. The summed E-state index contributed by atoms with van der Waals surface area (Å²) in [5.74, 6) is -1.57. The average molecular weight is 279 g/mol. The second kappa shape index (κ2) is 4.57. The van der Waals surface area contributed by atoms with Crippen molar-refractivity contribution in [3.05, 3.63) is 40.1 Å². The van der Waals surface area contributed by atoms with Gasteiger partial charge < -0.3 is 5.11 Å². The van der Waals surface area contributed by atoms with Gasteiger partial charge in [0, 0.05) is 6.08 Å². The van der Waals surface area contributed by atoms with Gasteiger partial charge in [0.25, 0.3) is 0 Å². The summed E-state index contributed by atoms with van der Waals surface area (Å²) in [4.78, 5) is 10.3. The minimum Gasteiger partial charge on any atom is -0.478 e. The zero-order chi connectivity index (χ0) is 10.7. The van der Waals surface area contributed by atoms with Crippen molar-refractivity contribution >= 4 is 38.5 Å². The van der Waals surface area contributed by atoms with Crippen molar-refractivity contribution in [2.75, 3.05) is 0 Å². The van der Waals surface area contributed by atoms with E-state index in [1.807, 2.05) is 0 Å². The number of carbonyl (C=O) groups is 1. The van der Waals surface area contributed by atoms with Crippen molar-refractivity contribution in [3.8, 4) is 0 Å². The molecule has 0 aliphatic rings. The molecule has 2 nitrogen and oxygen atoms in total. The van der Waals surface area contributed by atoms with Crippen molar-refractivity contribution in [2.45, 2.75) is 0 Å². The molecule has 0 aromatic heterocycles. The second-order valence-electron chi connectivity index (χ2n) is 2.46. The van der Waals surface area contributed by atoms with E-state index in [1.165, 1.54) is 18.2 Å². The van der Waals surface area contributed by atoms with Crippen LogP contribution in [-0.4, -0.2) is 11.1 Å². The summed E-state index contributed by atoms with van der Waals surface area (Å²) in [6, 6.07) is 4.02. The van der Waals surface area contributed by atoms with Crippen molar-refractivity contribution < 1.29 is 14.3 Å². The van der Waals surface area contributed by atoms with Crippen LogP contribution in [0.4, 0.5) is 4.39 Å². The fraction of sp³-hybridized carbons (Fsp3) is 0. The van der Waals surface area contributed by atoms with Crippen LogP contribution in [0.1, 0.15) is 5.56 Å². The minimum absolute atomic E-state index is 0.0539. The lowest BCUT2D eigenvalue weighted by Crippen LogP contribution is -1.89. The Morgan fingerprint density at radius 1 is 1.57 bits per heavy atom. The summed E-state index contributed by atoms with van der Waals surface area (Å²) in [5, 5.41) is 8.48. The number of carboxylic acid groups (broad SMARTS) is 1. The molecule has 14 heavy (non-hydrogen) atoms. The molecule has 0 spiro atoms. The Morgan fingerprint density at radius 2 is 2.21 bits per heavy atom. The lowest BCUT2D eigenvalue weighted by atomic mass is 10.2. The quantitative estimate of drug-likeness (QED) is 0.844. The molecule has 1 rings (SSSR count). The van der Waals surface area contributed by atoms with Crippen LogP contribution in [0.3, 0.4) is 0 Å². The third-order valence-corrected chi connectivity index (χ3v) is 2.38. The summed E-state index contributed by atoms with van der Waals surface area (Å²) in [7, 11) is 0. The van der Waals surface area contributed by atoms with E-state index in [0.717, 1.165) is 6.08 Å². The third-order valence-electron chi connectivity index (χ3n) is 1.45. The first kappa shape index (κ1) is 11.2. The lowest BCUT2D eigenvalue weighted by Gasteiger charge is -1.99. The monoisotopic (exact) mass is 278 g/mol. The molecule has 0 saturated heterocycles. The zero-order valence-electron chi connectivity index (χ0n) is 6.80. The summed E-state index contributed by atoms with van der Waals surface area (Å²) < 4.78 is 13.0. The molecule has 0 unspecified atom stereocenters. The average Bonchev–Trinajstić information content (AvgIpc) is 2.08. The first-order valence-corrected chi connectivity index (χ1v) is 4.73. The molecule has 1 N–H and O–H groups in total. The van der Waals surface area contributed by atoms with Crippen molar-refractivity contribution in [2.24, 2.45) is 0 Å². The summed E-state index contributed by atoms with van der Waals surface area (Å²) in [6.45, 7) is 0. The van der Waals surface area contributed by atoms with Crippen LogP contribution < -0.4 is 0 Å². The number of halogens is 3. The van der Waals surface area contributed by atoms with Crippen molar-refractivity contribution in [1.29, 1.82) is 0 Å². The number of carboxylic acids is 1. The van der Waals surface area contributed by atoms with Gasteiger partial charge in [0.2, 0.25) is 0 Å². The van der Waals surface area contributed by atoms with Crippen molar-refractivity contribution in [1.82, 2.24) is 0 Å². The summed E-state index contributed by atoms with van der Waals surface area (Å²) >= 11 is 8.63. The van der Waals surface area contributed by atoms with E-state index in [9.17, 15) is 9.18 Å². The van der Waals surface area contributed by atoms with Gasteiger partial charge in [-0.3, -0.25) is 0 Å². The topological polar surface area (TPSA) is 37.3 Å². The normalized spacial score (nSPS) is 11.5. The molecule has 0 saturated carbocycles. The molecule has 74 valence electrons. The maximum Gasteiger partial charge on any atom is 0.329 e. The van der Waals surface area contributed by atoms with Gasteiger partial charge in [0.15, 0.2) is 0 Å². The molecule has 0 heterocycles. The summed E-state index contributed by atoms with van der Waals surface area (Å²) in [6.07, 6.45) is 0.848. The molecule has 0 aliphatic heterocycles. The van der Waals surface area contributed by atoms with E-state index >= 15 is 0 Å². The number of aliphatic carboxylic acids is 1. The van der Waals surface area contributed by atoms with Gasteiger partial charge in [-0.1, -0.05) is 17.7 Å². The molecular formula is C9H5BrClFO2. The highest BCUT2D eigenvalue weighted by atomic mass is 79.9. The predicted octanol–water partition coefficient (Wildman–Crippen LogP) is 3.25. The molecule has 0 radical (unpaired) electrons. The molecule has 0 fully saturated rings. The summed E-state index contributed by atoms with van der Waals surface area (Å²) in [5.41, 5.74) is 0.447. The molecule has 0 amide bonds. The Bertz CT molecular complexity index is 404. The standard InChI is InChI=1S/C9H5BrClFO2/c10-6-3-5(1-2-8(6)12)7(11)4-9(13)14/h1-4H,(H,13,14)/b7-4+. The van der Waals surface area contributed by atoms with E-state index in [2.05, 4.69) is 15.9 Å². The van der Waals surface area contributed by atoms with Crippen LogP contribution in [0.2, 0.25) is 0 Å². The van der Waals surface area contributed by atoms with Crippen LogP contribution in [-0.2, 0) is 4.79 Å². The highest BCUT2D eigenvalue weighted by Gasteiger charge is 2.04. The highest BCUT2D eigenvalue weighted by Crippen LogP contribution is 2.24. The van der Waals surface area contributed by atoms with E-state index < -0.39 is 11.8 Å². The number of rotatable bonds is 2. The van der Waals surface area contributed by atoms with Gasteiger partial charge in [-0.05, 0) is 33.6 Å². The first-order valence-electron chi connectivity index (χ1n) is 3.56.